The molecule has 0 saturated carbocycles. The predicted molar refractivity (Wildman–Crippen MR) is 65.3 cm³/mol. The number of hydrogen-bond acceptors (Lipinski definition) is 2. The number of halogens is 1. The van der Waals surface area contributed by atoms with Crippen molar-refractivity contribution in [3.05, 3.63) is 53.3 Å². The molecule has 0 saturated heterocycles. The Morgan fingerprint density at radius 2 is 2.11 bits per heavy atom. The summed E-state index contributed by atoms with van der Waals surface area (Å²) in [6.45, 7) is 1.45. The minimum absolute atomic E-state index is 0.107. The Morgan fingerprint density at radius 1 is 1.39 bits per heavy atom. The first-order valence-corrected chi connectivity index (χ1v) is 5.96. The first-order valence-electron chi connectivity index (χ1n) is 5.96. The number of rotatable bonds is 2. The smallest absolute Gasteiger partial charge is 0.179 e. The van der Waals surface area contributed by atoms with Crippen molar-refractivity contribution in [3.63, 3.8) is 0 Å². The van der Waals surface area contributed by atoms with Crippen LogP contribution in [0.25, 0.3) is 0 Å². The van der Waals surface area contributed by atoms with Gasteiger partial charge < -0.3 is 0 Å². The van der Waals surface area contributed by atoms with Crippen molar-refractivity contribution < 1.29 is 9.18 Å². The van der Waals surface area contributed by atoms with Crippen molar-refractivity contribution in [2.45, 2.75) is 25.6 Å². The van der Waals surface area contributed by atoms with Gasteiger partial charge in [-0.1, -0.05) is 30.3 Å². The largest absolute Gasteiger partial charge is 0.293 e. The molecule has 1 aromatic carbocycles. The number of benzene rings is 1. The van der Waals surface area contributed by atoms with Gasteiger partial charge >= 0.3 is 0 Å². The fraction of sp³-hybridized carbons (Fsp3) is 0.286. The van der Waals surface area contributed by atoms with Crippen LogP contribution in [0.1, 0.15) is 47.3 Å². The quantitative estimate of drug-likeness (QED) is 0.761. The Balaban J connectivity index is 2.05. The van der Waals surface area contributed by atoms with E-state index in [0.29, 0.717) is 17.8 Å². The highest BCUT2D eigenvalue weighted by Crippen LogP contribution is 2.40. The summed E-state index contributed by atoms with van der Waals surface area (Å²) >= 11 is 0. The third-order valence-corrected chi connectivity index (χ3v) is 3.36. The van der Waals surface area contributed by atoms with Gasteiger partial charge in [-0.05, 0) is 11.6 Å². The second-order valence-corrected chi connectivity index (χ2v) is 4.58. The molecule has 4 heteroatoms. The number of aromatic nitrogens is 2. The average molecular weight is 244 g/mol. The molecule has 1 aromatic heterocycles. The molecule has 0 radical (unpaired) electrons. The standard InChI is InChI=1S/C14H13FN2O/c1-9(18)12-8-14-11(15)7-13(17(14)16-12)10-5-3-2-4-6-10/h2-6,8,11,13H,7H2,1H3/t11-,13-/m1/s1. The Labute approximate surface area is 104 Å². The maximum atomic E-state index is 14.0. The molecule has 0 bridgehead atoms. The zero-order chi connectivity index (χ0) is 12.7. The summed E-state index contributed by atoms with van der Waals surface area (Å²) in [4.78, 5) is 11.3. The van der Waals surface area contributed by atoms with E-state index in [0.717, 1.165) is 5.56 Å². The molecule has 0 spiro atoms. The summed E-state index contributed by atoms with van der Waals surface area (Å²) in [7, 11) is 0. The van der Waals surface area contributed by atoms with E-state index in [1.165, 1.54) is 6.92 Å². The first kappa shape index (κ1) is 11.1. The molecule has 0 N–H and O–H groups in total. The molecule has 18 heavy (non-hydrogen) atoms. The van der Waals surface area contributed by atoms with Crippen molar-refractivity contribution in [1.29, 1.82) is 0 Å². The molecule has 1 aliphatic heterocycles. The summed E-state index contributed by atoms with van der Waals surface area (Å²) in [6.07, 6.45) is -0.652. The van der Waals surface area contributed by atoms with Gasteiger partial charge in [-0.2, -0.15) is 5.10 Å². The van der Waals surface area contributed by atoms with Gasteiger partial charge in [-0.25, -0.2) is 4.39 Å². The number of carbonyl (C=O) groups excluding carboxylic acids is 1. The number of hydrogen-bond donors (Lipinski definition) is 0. The van der Waals surface area contributed by atoms with Crippen molar-refractivity contribution in [2.75, 3.05) is 0 Å². The van der Waals surface area contributed by atoms with E-state index in [-0.39, 0.29) is 11.8 Å². The van der Waals surface area contributed by atoms with Gasteiger partial charge in [0.2, 0.25) is 0 Å². The third-order valence-electron chi connectivity index (χ3n) is 3.36. The fourth-order valence-electron chi connectivity index (χ4n) is 2.43. The SMILES string of the molecule is CC(=O)c1cc2n(n1)[C@@H](c1ccccc1)C[C@H]2F. The lowest BCUT2D eigenvalue weighted by Gasteiger charge is -2.11. The number of Topliss-reactive ketones (excluding diaryl/α,β-unsaturated/α-hetero) is 1. The maximum Gasteiger partial charge on any atom is 0.179 e. The molecule has 0 aliphatic carbocycles. The minimum atomic E-state index is -1.05. The predicted octanol–water partition coefficient (Wildman–Crippen LogP) is 3.09. The highest BCUT2D eigenvalue weighted by molar-refractivity contribution is 5.92. The van der Waals surface area contributed by atoms with Crippen LogP contribution in [0.15, 0.2) is 36.4 Å². The molecule has 2 heterocycles. The van der Waals surface area contributed by atoms with Gasteiger partial charge in [-0.3, -0.25) is 9.48 Å². The Morgan fingerprint density at radius 3 is 2.78 bits per heavy atom. The lowest BCUT2D eigenvalue weighted by Crippen LogP contribution is -2.08. The second kappa shape index (κ2) is 4.05. The Bertz CT molecular complexity index is 591. The molecule has 0 amide bonds. The van der Waals surface area contributed by atoms with Crippen molar-refractivity contribution in [3.8, 4) is 0 Å². The monoisotopic (exact) mass is 244 g/mol. The normalized spacial score (nSPS) is 21.9. The number of nitrogens with zero attached hydrogens (tertiary/aromatic N) is 2. The zero-order valence-corrected chi connectivity index (χ0v) is 10.0. The van der Waals surface area contributed by atoms with Gasteiger partial charge in [0, 0.05) is 13.3 Å². The number of ketones is 1. The van der Waals surface area contributed by atoms with E-state index in [9.17, 15) is 9.18 Å². The molecule has 3 nitrogen and oxygen atoms in total. The van der Waals surface area contributed by atoms with Gasteiger partial charge in [0.25, 0.3) is 0 Å². The van der Waals surface area contributed by atoms with E-state index < -0.39 is 6.17 Å². The topological polar surface area (TPSA) is 34.9 Å². The second-order valence-electron chi connectivity index (χ2n) is 4.58. The molecule has 0 fully saturated rings. The van der Waals surface area contributed by atoms with Crippen LogP contribution >= 0.6 is 0 Å². The van der Waals surface area contributed by atoms with Crippen molar-refractivity contribution >= 4 is 5.78 Å². The summed E-state index contributed by atoms with van der Waals surface area (Å²) < 4.78 is 15.6. The number of fused-ring (bicyclic) bond motifs is 1. The minimum Gasteiger partial charge on any atom is -0.293 e. The van der Waals surface area contributed by atoms with E-state index in [2.05, 4.69) is 5.10 Å². The summed E-state index contributed by atoms with van der Waals surface area (Å²) in [5.74, 6) is -0.129. The lowest BCUT2D eigenvalue weighted by atomic mass is 10.0. The molecule has 2 atom stereocenters. The summed E-state index contributed by atoms with van der Waals surface area (Å²) in [6, 6.07) is 11.2. The van der Waals surface area contributed by atoms with Crippen LogP contribution in [0.3, 0.4) is 0 Å². The van der Waals surface area contributed by atoms with E-state index >= 15 is 0 Å². The molecule has 92 valence electrons. The van der Waals surface area contributed by atoms with Crippen LogP contribution in [0, 0.1) is 0 Å². The molecule has 3 rings (SSSR count). The average Bonchev–Trinajstić information content (AvgIpc) is 2.92. The molecular formula is C14H13FN2O. The number of alkyl halides is 1. The van der Waals surface area contributed by atoms with Crippen molar-refractivity contribution in [2.24, 2.45) is 0 Å². The Hall–Kier alpha value is -1.97. The lowest BCUT2D eigenvalue weighted by molar-refractivity contribution is 0.101. The zero-order valence-electron chi connectivity index (χ0n) is 10.0. The van der Waals surface area contributed by atoms with Crippen LogP contribution in [-0.2, 0) is 0 Å². The summed E-state index contributed by atoms with van der Waals surface area (Å²) in [5, 5.41) is 4.23. The fourth-order valence-corrected chi connectivity index (χ4v) is 2.43. The van der Waals surface area contributed by atoms with Gasteiger partial charge in [0.15, 0.2) is 5.78 Å². The van der Waals surface area contributed by atoms with Crippen LogP contribution in [0.4, 0.5) is 4.39 Å². The van der Waals surface area contributed by atoms with Gasteiger partial charge in [-0.15, -0.1) is 0 Å². The van der Waals surface area contributed by atoms with Crippen LogP contribution < -0.4 is 0 Å². The molecule has 1 aliphatic rings. The third kappa shape index (κ3) is 1.65. The maximum absolute atomic E-state index is 14.0. The van der Waals surface area contributed by atoms with E-state index in [1.807, 2.05) is 30.3 Å². The summed E-state index contributed by atoms with van der Waals surface area (Å²) in [5.41, 5.74) is 1.87. The highest BCUT2D eigenvalue weighted by Gasteiger charge is 2.34. The van der Waals surface area contributed by atoms with Gasteiger partial charge in [0.1, 0.15) is 11.9 Å². The van der Waals surface area contributed by atoms with E-state index in [4.69, 9.17) is 0 Å². The first-order chi connectivity index (χ1) is 8.66. The van der Waals surface area contributed by atoms with E-state index in [1.54, 1.807) is 10.7 Å². The van der Waals surface area contributed by atoms with Crippen LogP contribution in [0.5, 0.6) is 0 Å². The van der Waals surface area contributed by atoms with Gasteiger partial charge in [0.05, 0.1) is 11.7 Å². The van der Waals surface area contributed by atoms with Crippen LogP contribution in [-0.4, -0.2) is 15.6 Å². The van der Waals surface area contributed by atoms with Crippen LogP contribution in [0.2, 0.25) is 0 Å². The number of carbonyl (C=O) groups is 1. The molecule has 0 unspecified atom stereocenters. The molecular weight excluding hydrogens is 231 g/mol. The molecule has 2 aromatic rings. The Kier molecular flexibility index (Phi) is 2.51. The highest BCUT2D eigenvalue weighted by atomic mass is 19.1. The van der Waals surface area contributed by atoms with Crippen molar-refractivity contribution in [1.82, 2.24) is 9.78 Å².